The molecule has 0 fully saturated rings. The largest absolute Gasteiger partial charge is 0.497 e. The van der Waals surface area contributed by atoms with Crippen molar-refractivity contribution in [3.63, 3.8) is 0 Å². The quantitative estimate of drug-likeness (QED) is 0.206. The van der Waals surface area contributed by atoms with Gasteiger partial charge in [0, 0.05) is 11.8 Å². The molecule has 2 aromatic carbocycles. The molecule has 0 aliphatic heterocycles. The minimum Gasteiger partial charge on any atom is -0.497 e. The lowest BCUT2D eigenvalue weighted by molar-refractivity contribution is -0.139. The highest BCUT2D eigenvalue weighted by Crippen LogP contribution is 2.18. The van der Waals surface area contributed by atoms with Crippen molar-refractivity contribution >= 4 is 17.9 Å². The summed E-state index contributed by atoms with van der Waals surface area (Å²) in [5, 5.41) is 0. The second-order valence-corrected chi connectivity index (χ2v) is 6.70. The van der Waals surface area contributed by atoms with E-state index in [4.69, 9.17) is 14.2 Å². The van der Waals surface area contributed by atoms with Gasteiger partial charge in [-0.3, -0.25) is 4.99 Å². The zero-order valence-electron chi connectivity index (χ0n) is 17.2. The average molecular weight is 395 g/mol. The molecule has 2 aromatic rings. The third-order valence-electron chi connectivity index (χ3n) is 4.20. The first-order valence-corrected chi connectivity index (χ1v) is 9.82. The lowest BCUT2D eigenvalue weighted by Gasteiger charge is -2.07. The molecule has 29 heavy (non-hydrogen) atoms. The summed E-state index contributed by atoms with van der Waals surface area (Å²) in [4.78, 5) is 15.7. The number of nitrogens with zero attached hydrogens (tertiary/aromatic N) is 1. The Hall–Kier alpha value is -3.08. The molecule has 0 spiro atoms. The maximum atomic E-state index is 11.2. The van der Waals surface area contributed by atoms with E-state index in [1.54, 1.807) is 14.0 Å². The van der Waals surface area contributed by atoms with Crippen LogP contribution in [0.5, 0.6) is 11.5 Å². The Morgan fingerprint density at radius 3 is 2.17 bits per heavy atom. The van der Waals surface area contributed by atoms with E-state index in [1.165, 1.54) is 0 Å². The van der Waals surface area contributed by atoms with E-state index in [9.17, 15) is 4.79 Å². The minimum atomic E-state index is -0.314. The third-order valence-corrected chi connectivity index (χ3v) is 4.20. The lowest BCUT2D eigenvalue weighted by Crippen LogP contribution is -2.06. The van der Waals surface area contributed by atoms with E-state index >= 15 is 0 Å². The summed E-state index contributed by atoms with van der Waals surface area (Å²) in [7, 11) is 1.65. The Bertz CT molecular complexity index is 795. The number of carbonyl (C=O) groups is 1. The summed E-state index contributed by atoms with van der Waals surface area (Å²) in [6.45, 7) is 6.33. The summed E-state index contributed by atoms with van der Waals surface area (Å²) in [5.74, 6) is 1.35. The number of hydrogen-bond donors (Lipinski definition) is 0. The molecular weight excluding hydrogens is 366 g/mol. The van der Waals surface area contributed by atoms with Crippen molar-refractivity contribution in [2.75, 3.05) is 20.3 Å². The summed E-state index contributed by atoms with van der Waals surface area (Å²) in [5.41, 5.74) is 2.33. The Kier molecular flexibility index (Phi) is 9.49. The molecule has 0 saturated carbocycles. The molecule has 0 atom stereocenters. The van der Waals surface area contributed by atoms with Crippen LogP contribution < -0.4 is 9.47 Å². The monoisotopic (exact) mass is 395 g/mol. The number of rotatable bonds is 12. The summed E-state index contributed by atoms with van der Waals surface area (Å²) < 4.78 is 16.0. The first kappa shape index (κ1) is 22.2. The molecule has 0 aliphatic carbocycles. The van der Waals surface area contributed by atoms with E-state index < -0.39 is 0 Å². The second-order valence-electron chi connectivity index (χ2n) is 6.70. The van der Waals surface area contributed by atoms with E-state index in [2.05, 4.69) is 11.6 Å². The van der Waals surface area contributed by atoms with Gasteiger partial charge in [0.05, 0.1) is 26.0 Å². The number of hydrogen-bond acceptors (Lipinski definition) is 5. The van der Waals surface area contributed by atoms with Crippen LogP contribution in [-0.2, 0) is 9.53 Å². The van der Waals surface area contributed by atoms with Crippen molar-refractivity contribution in [1.29, 1.82) is 0 Å². The number of carbonyl (C=O) groups excluding carboxylic acids is 1. The number of esters is 1. The minimum absolute atomic E-state index is 0.314. The van der Waals surface area contributed by atoms with Crippen molar-refractivity contribution in [1.82, 2.24) is 0 Å². The van der Waals surface area contributed by atoms with Gasteiger partial charge in [0.2, 0.25) is 0 Å². The summed E-state index contributed by atoms with van der Waals surface area (Å²) in [6, 6.07) is 15.5. The van der Waals surface area contributed by atoms with Gasteiger partial charge in [0.15, 0.2) is 0 Å². The van der Waals surface area contributed by atoms with Gasteiger partial charge >= 0.3 is 5.97 Å². The van der Waals surface area contributed by atoms with Gasteiger partial charge in [-0.25, -0.2) is 4.79 Å². The van der Waals surface area contributed by atoms with Crippen LogP contribution in [0.25, 0.3) is 0 Å². The van der Waals surface area contributed by atoms with Gasteiger partial charge in [-0.2, -0.15) is 0 Å². The van der Waals surface area contributed by atoms with Crippen molar-refractivity contribution in [2.24, 2.45) is 4.99 Å². The van der Waals surface area contributed by atoms with Gasteiger partial charge < -0.3 is 14.2 Å². The van der Waals surface area contributed by atoms with Gasteiger partial charge in [0.1, 0.15) is 11.5 Å². The highest BCUT2D eigenvalue weighted by Gasteiger charge is 2.02. The number of aliphatic imine (C=N–C) groups is 1. The van der Waals surface area contributed by atoms with Crippen LogP contribution in [0.4, 0.5) is 5.69 Å². The molecule has 154 valence electrons. The molecular formula is C24H29NO4. The topological polar surface area (TPSA) is 57.1 Å². The SMILES string of the molecule is C=C(C)C(=O)OCCCCCCOc1ccc(C=Nc2ccc(OC)cc2)cc1. The highest BCUT2D eigenvalue weighted by atomic mass is 16.5. The Morgan fingerprint density at radius 2 is 1.55 bits per heavy atom. The predicted octanol–water partition coefficient (Wildman–Crippen LogP) is 5.50. The van der Waals surface area contributed by atoms with E-state index in [0.717, 1.165) is 48.4 Å². The fourth-order valence-electron chi connectivity index (χ4n) is 2.50. The zero-order chi connectivity index (χ0) is 20.9. The number of unbranched alkanes of at least 4 members (excludes halogenated alkanes) is 3. The fourth-order valence-corrected chi connectivity index (χ4v) is 2.50. The van der Waals surface area contributed by atoms with Crippen molar-refractivity contribution in [3.8, 4) is 11.5 Å². The van der Waals surface area contributed by atoms with Crippen LogP contribution in [0, 0.1) is 0 Å². The van der Waals surface area contributed by atoms with Gasteiger partial charge in [0.25, 0.3) is 0 Å². The normalized spacial score (nSPS) is 10.7. The lowest BCUT2D eigenvalue weighted by atomic mass is 10.2. The fraction of sp³-hybridized carbons (Fsp3) is 0.333. The molecule has 0 amide bonds. The molecule has 0 bridgehead atoms. The maximum Gasteiger partial charge on any atom is 0.333 e. The first-order valence-electron chi connectivity index (χ1n) is 9.82. The van der Waals surface area contributed by atoms with Crippen LogP contribution in [0.15, 0.2) is 65.7 Å². The average Bonchev–Trinajstić information content (AvgIpc) is 2.75. The van der Waals surface area contributed by atoms with Gasteiger partial charge in [-0.15, -0.1) is 0 Å². The predicted molar refractivity (Wildman–Crippen MR) is 116 cm³/mol. The number of benzene rings is 2. The van der Waals surface area contributed by atoms with E-state index in [-0.39, 0.29) is 5.97 Å². The Balaban J connectivity index is 1.61. The molecule has 5 nitrogen and oxygen atoms in total. The standard InChI is InChI=1S/C24H29NO4/c1-19(2)24(26)29-17-7-5-4-6-16-28-23-12-8-20(9-13-23)18-25-21-10-14-22(27-3)15-11-21/h8-15,18H,1,4-7,16-17H2,2-3H3. The first-order chi connectivity index (χ1) is 14.1. The molecule has 0 unspecified atom stereocenters. The van der Waals surface area contributed by atoms with Crippen LogP contribution >= 0.6 is 0 Å². The Morgan fingerprint density at radius 1 is 0.931 bits per heavy atom. The van der Waals surface area contributed by atoms with E-state index in [1.807, 2.05) is 54.7 Å². The number of methoxy groups -OCH3 is 1. The molecule has 0 aliphatic rings. The van der Waals surface area contributed by atoms with E-state index in [0.29, 0.717) is 18.8 Å². The second kappa shape index (κ2) is 12.4. The summed E-state index contributed by atoms with van der Waals surface area (Å²) in [6.07, 6.45) is 5.70. The van der Waals surface area contributed by atoms with Gasteiger partial charge in [-0.05, 0) is 86.7 Å². The highest BCUT2D eigenvalue weighted by molar-refractivity contribution is 5.86. The molecule has 0 radical (unpaired) electrons. The third kappa shape index (κ3) is 8.64. The summed E-state index contributed by atoms with van der Waals surface area (Å²) >= 11 is 0. The smallest absolute Gasteiger partial charge is 0.333 e. The number of ether oxygens (including phenoxy) is 3. The molecule has 0 N–H and O–H groups in total. The van der Waals surface area contributed by atoms with Crippen LogP contribution in [-0.4, -0.2) is 32.5 Å². The van der Waals surface area contributed by atoms with Crippen LogP contribution in [0.1, 0.15) is 38.2 Å². The van der Waals surface area contributed by atoms with Crippen molar-refractivity contribution in [2.45, 2.75) is 32.6 Å². The van der Waals surface area contributed by atoms with Crippen LogP contribution in [0.3, 0.4) is 0 Å². The molecule has 0 heterocycles. The van der Waals surface area contributed by atoms with Crippen molar-refractivity contribution in [3.05, 3.63) is 66.2 Å². The Labute approximate surface area is 173 Å². The molecule has 2 rings (SSSR count). The maximum absolute atomic E-state index is 11.2. The van der Waals surface area contributed by atoms with Gasteiger partial charge in [-0.1, -0.05) is 6.58 Å². The molecule has 0 saturated heterocycles. The molecule has 0 aromatic heterocycles. The van der Waals surface area contributed by atoms with Crippen molar-refractivity contribution < 1.29 is 19.0 Å². The zero-order valence-corrected chi connectivity index (χ0v) is 17.2. The van der Waals surface area contributed by atoms with Crippen LogP contribution in [0.2, 0.25) is 0 Å². The molecule has 5 heteroatoms.